The molecular formula is C31H52O16. The summed E-state index contributed by atoms with van der Waals surface area (Å²) in [6, 6.07) is 0. The average Bonchev–Trinajstić information content (AvgIpc) is 3.05. The summed E-state index contributed by atoms with van der Waals surface area (Å²) in [7, 11) is 0. The lowest BCUT2D eigenvalue weighted by molar-refractivity contribution is -0.148. The molecule has 0 aliphatic heterocycles. The molecule has 16 heteroatoms. The van der Waals surface area contributed by atoms with Gasteiger partial charge in [-0.2, -0.15) is 0 Å². The molecule has 6 N–H and O–H groups in total. The first-order valence-electron chi connectivity index (χ1n) is 15.0. The number of carbonyl (C=O) groups is 3. The Labute approximate surface area is 275 Å². The number of aliphatic hydroxyl groups excluding tert-OH is 6. The van der Waals surface area contributed by atoms with Crippen LogP contribution in [0.25, 0.3) is 0 Å². The lowest BCUT2D eigenvalue weighted by atomic mass is 9.90. The molecule has 0 fully saturated rings. The van der Waals surface area contributed by atoms with Crippen LogP contribution in [-0.4, -0.2) is 159 Å². The largest absolute Gasteiger partial charge is 0.460 e. The van der Waals surface area contributed by atoms with Gasteiger partial charge in [0, 0.05) is 18.2 Å². The maximum absolute atomic E-state index is 11.5. The summed E-state index contributed by atoms with van der Waals surface area (Å²) in [4.78, 5) is 34.4. The number of esters is 3. The molecule has 47 heavy (non-hydrogen) atoms. The van der Waals surface area contributed by atoms with Crippen LogP contribution in [0, 0.1) is 10.8 Å². The highest BCUT2D eigenvalue weighted by atomic mass is 16.6. The molecular weight excluding hydrogens is 628 g/mol. The Balaban J connectivity index is 5.29. The van der Waals surface area contributed by atoms with Gasteiger partial charge in [-0.15, -0.1) is 0 Å². The van der Waals surface area contributed by atoms with Gasteiger partial charge in [0.15, 0.2) is 0 Å². The third-order valence-electron chi connectivity index (χ3n) is 6.14. The Morgan fingerprint density at radius 1 is 0.489 bits per heavy atom. The lowest BCUT2D eigenvalue weighted by Gasteiger charge is -2.35. The van der Waals surface area contributed by atoms with E-state index < -0.39 is 66.9 Å². The van der Waals surface area contributed by atoms with Crippen molar-refractivity contribution in [1.82, 2.24) is 0 Å². The summed E-state index contributed by atoms with van der Waals surface area (Å²) >= 11 is 0. The molecule has 0 saturated heterocycles. The van der Waals surface area contributed by atoms with E-state index in [1.54, 1.807) is 20.8 Å². The fourth-order valence-corrected chi connectivity index (χ4v) is 3.49. The zero-order chi connectivity index (χ0) is 35.6. The summed E-state index contributed by atoms with van der Waals surface area (Å²) in [5, 5.41) is 60.7. The quantitative estimate of drug-likeness (QED) is 0.0311. The van der Waals surface area contributed by atoms with Crippen LogP contribution in [0.15, 0.2) is 36.5 Å². The summed E-state index contributed by atoms with van der Waals surface area (Å²) in [6.07, 6.45) is 4.45. The van der Waals surface area contributed by atoms with Gasteiger partial charge in [-0.05, 0) is 20.8 Å². The molecule has 272 valence electrons. The highest BCUT2D eigenvalue weighted by Gasteiger charge is 2.35. The van der Waals surface area contributed by atoms with Crippen LogP contribution in [-0.2, 0) is 47.5 Å². The maximum atomic E-state index is 11.5. The normalized spacial score (nSPS) is 15.5. The van der Waals surface area contributed by atoms with E-state index >= 15 is 0 Å². The summed E-state index contributed by atoms with van der Waals surface area (Å²) in [6.45, 7) is 0.0432. The van der Waals surface area contributed by atoms with Crippen molar-refractivity contribution in [1.29, 1.82) is 0 Å². The van der Waals surface area contributed by atoms with E-state index in [1.165, 1.54) is 36.5 Å². The van der Waals surface area contributed by atoms with Crippen molar-refractivity contribution in [3.05, 3.63) is 36.5 Å². The third kappa shape index (κ3) is 20.9. The van der Waals surface area contributed by atoms with Gasteiger partial charge >= 0.3 is 17.9 Å². The molecule has 0 heterocycles. The first kappa shape index (κ1) is 44.2. The minimum absolute atomic E-state index is 0.240. The van der Waals surface area contributed by atoms with Gasteiger partial charge in [-0.3, -0.25) is 0 Å². The van der Waals surface area contributed by atoms with E-state index in [0.29, 0.717) is 0 Å². The van der Waals surface area contributed by atoms with E-state index in [-0.39, 0.29) is 72.7 Å². The maximum Gasteiger partial charge on any atom is 0.330 e. The fraction of sp³-hybridized carbons (Fsp3) is 0.710. The average molecular weight is 681 g/mol. The molecule has 0 aromatic heterocycles. The number of rotatable bonds is 28. The monoisotopic (exact) mass is 680 g/mol. The van der Waals surface area contributed by atoms with Gasteiger partial charge in [-0.1, -0.05) is 18.2 Å². The van der Waals surface area contributed by atoms with Gasteiger partial charge in [0.2, 0.25) is 0 Å². The van der Waals surface area contributed by atoms with Crippen molar-refractivity contribution >= 4 is 17.9 Å². The van der Waals surface area contributed by atoms with E-state index in [9.17, 15) is 45.0 Å². The van der Waals surface area contributed by atoms with Crippen molar-refractivity contribution in [2.45, 2.75) is 39.1 Å². The summed E-state index contributed by atoms with van der Waals surface area (Å²) < 4.78 is 37.0. The number of hydrogen-bond acceptors (Lipinski definition) is 16. The molecule has 0 saturated carbocycles. The number of carbonyl (C=O) groups excluding carboxylic acids is 3. The third-order valence-corrected chi connectivity index (χ3v) is 6.14. The van der Waals surface area contributed by atoms with Crippen LogP contribution in [0.2, 0.25) is 0 Å². The molecule has 0 radical (unpaired) electrons. The molecule has 0 amide bonds. The van der Waals surface area contributed by atoms with Crippen molar-refractivity contribution in [3.63, 3.8) is 0 Å². The highest BCUT2D eigenvalue weighted by molar-refractivity contribution is 5.82. The van der Waals surface area contributed by atoms with Crippen LogP contribution in [0.1, 0.15) is 20.8 Å². The van der Waals surface area contributed by atoms with E-state index in [0.717, 1.165) is 0 Å². The van der Waals surface area contributed by atoms with Crippen molar-refractivity contribution in [3.8, 4) is 0 Å². The van der Waals surface area contributed by atoms with Crippen LogP contribution >= 0.6 is 0 Å². The van der Waals surface area contributed by atoms with Gasteiger partial charge in [0.25, 0.3) is 0 Å². The Hall–Kier alpha value is -2.77. The molecule has 3 unspecified atom stereocenters. The first-order valence-corrected chi connectivity index (χ1v) is 15.0. The smallest absolute Gasteiger partial charge is 0.330 e. The lowest BCUT2D eigenvalue weighted by Crippen LogP contribution is -2.45. The minimum atomic E-state index is -1.33. The van der Waals surface area contributed by atoms with E-state index in [1.807, 2.05) is 0 Å². The molecule has 0 aromatic rings. The van der Waals surface area contributed by atoms with Crippen LogP contribution in [0.3, 0.4) is 0 Å². The van der Waals surface area contributed by atoms with Crippen LogP contribution < -0.4 is 0 Å². The van der Waals surface area contributed by atoms with E-state index in [2.05, 4.69) is 0 Å². The predicted molar refractivity (Wildman–Crippen MR) is 165 cm³/mol. The minimum Gasteiger partial charge on any atom is -0.460 e. The predicted octanol–water partition coefficient (Wildman–Crippen LogP) is -1.56. The zero-order valence-electron chi connectivity index (χ0n) is 27.4. The molecule has 16 nitrogen and oxygen atoms in total. The van der Waals surface area contributed by atoms with Gasteiger partial charge in [-0.25, -0.2) is 14.4 Å². The molecule has 0 rings (SSSR count). The highest BCUT2D eigenvalue weighted by Crippen LogP contribution is 2.23. The van der Waals surface area contributed by atoms with Crippen molar-refractivity contribution < 1.29 is 78.2 Å². The van der Waals surface area contributed by atoms with Gasteiger partial charge in [0.05, 0.1) is 83.5 Å². The second-order valence-electron chi connectivity index (χ2n) is 10.9. The van der Waals surface area contributed by atoms with Crippen molar-refractivity contribution in [2.24, 2.45) is 10.8 Å². The van der Waals surface area contributed by atoms with Crippen LogP contribution in [0.5, 0.6) is 0 Å². The zero-order valence-corrected chi connectivity index (χ0v) is 27.4. The first-order chi connectivity index (χ1) is 22.4. The van der Waals surface area contributed by atoms with Crippen molar-refractivity contribution in [2.75, 3.05) is 92.5 Å². The SMILES string of the molecule is CC=CC(=O)OCC(O)COCC(CO)(CO)COCC(CO)(COCC(O)COC(=O)C=CC)COCC(O)COC(=O)C=CC. The molecule has 0 spiro atoms. The second-order valence-corrected chi connectivity index (χ2v) is 10.9. The topological polar surface area (TPSA) is 237 Å². The molecule has 3 atom stereocenters. The number of aliphatic hydroxyl groups is 6. The van der Waals surface area contributed by atoms with Gasteiger partial charge in [0.1, 0.15) is 38.1 Å². The molecule has 0 aromatic carbocycles. The second kappa shape index (κ2) is 26.2. The number of allylic oxidation sites excluding steroid dienone is 3. The molecule has 0 aliphatic rings. The standard InChI is InChI=1S/C31H52O16/c1-4-7-27(38)45-13-24(35)10-41-19-30(16-32,17-33)20-44-23-31(18-34,21-42-11-25(36)14-46-28(39)8-5-2)22-43-12-26(37)15-47-29(40)9-6-3/h4-9,24-26,32-37H,10-23H2,1-3H3. The summed E-state index contributed by atoms with van der Waals surface area (Å²) in [5.41, 5.74) is -2.61. The fourth-order valence-electron chi connectivity index (χ4n) is 3.49. The molecule has 0 aliphatic carbocycles. The van der Waals surface area contributed by atoms with Gasteiger partial charge < -0.3 is 63.8 Å². The number of ether oxygens (including phenoxy) is 7. The number of hydrogen-bond donors (Lipinski definition) is 6. The summed E-state index contributed by atoms with van der Waals surface area (Å²) in [5.74, 6) is -1.92. The van der Waals surface area contributed by atoms with Crippen LogP contribution in [0.4, 0.5) is 0 Å². The van der Waals surface area contributed by atoms with E-state index in [4.69, 9.17) is 33.2 Å². The molecule has 0 bridgehead atoms. The Kier molecular flexibility index (Phi) is 24.7. The Bertz CT molecular complexity index is 906. The Morgan fingerprint density at radius 3 is 1.06 bits per heavy atom. The Morgan fingerprint density at radius 2 is 0.766 bits per heavy atom.